The smallest absolute Gasteiger partial charge is 0.162 e. The van der Waals surface area contributed by atoms with Crippen molar-refractivity contribution in [3.05, 3.63) is 17.5 Å². The van der Waals surface area contributed by atoms with E-state index in [0.717, 1.165) is 24.3 Å². The van der Waals surface area contributed by atoms with Crippen molar-refractivity contribution >= 4 is 0 Å². The first-order valence-corrected chi connectivity index (χ1v) is 6.47. The van der Waals surface area contributed by atoms with Crippen molar-refractivity contribution in [1.82, 2.24) is 5.16 Å². The fourth-order valence-corrected chi connectivity index (χ4v) is 2.42. The van der Waals surface area contributed by atoms with E-state index in [1.54, 1.807) is 0 Å². The average Bonchev–Trinajstić information content (AvgIpc) is 2.58. The largest absolute Gasteiger partial charge is 0.371 e. The molecule has 0 atom stereocenters. The molecule has 0 aromatic carbocycles. The highest BCUT2D eigenvalue weighted by atomic mass is 16.5. The zero-order chi connectivity index (χ0) is 12.1. The van der Waals surface area contributed by atoms with Gasteiger partial charge in [0.15, 0.2) is 5.76 Å². The second-order valence-electron chi connectivity index (χ2n) is 5.20. The van der Waals surface area contributed by atoms with Crippen molar-refractivity contribution in [2.45, 2.75) is 57.6 Å². The number of nitrogens with zero attached hydrogens (tertiary/aromatic N) is 1. The summed E-state index contributed by atoms with van der Waals surface area (Å²) in [6, 6.07) is 1.90. The Hall–Kier alpha value is -0.870. The maximum absolute atomic E-state index is 6.36. The zero-order valence-corrected chi connectivity index (χ0v) is 10.6. The molecule has 1 saturated carbocycles. The van der Waals surface area contributed by atoms with E-state index in [-0.39, 0.29) is 5.54 Å². The molecule has 1 aliphatic rings. The van der Waals surface area contributed by atoms with Gasteiger partial charge in [-0.25, -0.2) is 0 Å². The van der Waals surface area contributed by atoms with Crippen molar-refractivity contribution in [2.24, 2.45) is 5.73 Å². The second kappa shape index (κ2) is 5.65. The van der Waals surface area contributed by atoms with Gasteiger partial charge in [-0.05, 0) is 19.8 Å². The highest BCUT2D eigenvalue weighted by molar-refractivity contribution is 5.01. The Morgan fingerprint density at radius 2 is 2.06 bits per heavy atom. The lowest BCUT2D eigenvalue weighted by molar-refractivity contribution is 0.0541. The van der Waals surface area contributed by atoms with Crippen LogP contribution in [-0.4, -0.2) is 17.3 Å². The molecule has 2 rings (SSSR count). The van der Waals surface area contributed by atoms with Crippen LogP contribution in [0.5, 0.6) is 0 Å². The van der Waals surface area contributed by atoms with Gasteiger partial charge in [0.05, 0.1) is 12.3 Å². The Kier molecular flexibility index (Phi) is 4.18. The first-order valence-electron chi connectivity index (χ1n) is 6.47. The van der Waals surface area contributed by atoms with E-state index < -0.39 is 0 Å². The molecule has 1 aliphatic carbocycles. The van der Waals surface area contributed by atoms with Crippen LogP contribution >= 0.6 is 0 Å². The van der Waals surface area contributed by atoms with Gasteiger partial charge in [0.25, 0.3) is 0 Å². The summed E-state index contributed by atoms with van der Waals surface area (Å²) in [4.78, 5) is 0. The fourth-order valence-electron chi connectivity index (χ4n) is 2.42. The molecule has 0 amide bonds. The molecule has 0 spiro atoms. The van der Waals surface area contributed by atoms with E-state index in [1.165, 1.54) is 25.7 Å². The molecule has 0 saturated heterocycles. The summed E-state index contributed by atoms with van der Waals surface area (Å²) in [5.41, 5.74) is 7.11. The third-order valence-corrected chi connectivity index (χ3v) is 3.41. The predicted octanol–water partition coefficient (Wildman–Crippen LogP) is 2.55. The van der Waals surface area contributed by atoms with Gasteiger partial charge in [0.1, 0.15) is 6.61 Å². The quantitative estimate of drug-likeness (QED) is 0.819. The molecule has 0 bridgehead atoms. The molecule has 1 aromatic rings. The number of aryl methyl sites for hydroxylation is 1. The van der Waals surface area contributed by atoms with Crippen molar-refractivity contribution in [1.29, 1.82) is 0 Å². The van der Waals surface area contributed by atoms with Crippen LogP contribution in [0, 0.1) is 6.92 Å². The molecular weight excluding hydrogens is 216 g/mol. The maximum Gasteiger partial charge on any atom is 0.162 e. The van der Waals surface area contributed by atoms with Crippen molar-refractivity contribution in [3.8, 4) is 0 Å². The number of hydrogen-bond donors (Lipinski definition) is 1. The second-order valence-corrected chi connectivity index (χ2v) is 5.20. The summed E-state index contributed by atoms with van der Waals surface area (Å²) in [6.07, 6.45) is 7.20. The van der Waals surface area contributed by atoms with Crippen LogP contribution in [0.1, 0.15) is 50.0 Å². The molecule has 17 heavy (non-hydrogen) atoms. The van der Waals surface area contributed by atoms with E-state index in [9.17, 15) is 0 Å². The predicted molar refractivity (Wildman–Crippen MR) is 65.5 cm³/mol. The SMILES string of the molecule is Cc1cc(COCC2(N)CCCCCC2)on1. The van der Waals surface area contributed by atoms with Crippen LogP contribution in [0.15, 0.2) is 10.6 Å². The average molecular weight is 238 g/mol. The summed E-state index contributed by atoms with van der Waals surface area (Å²) in [5.74, 6) is 0.778. The Labute approximate surface area is 102 Å². The first-order chi connectivity index (χ1) is 8.18. The minimum absolute atomic E-state index is 0.133. The minimum atomic E-state index is -0.133. The third kappa shape index (κ3) is 3.82. The first kappa shape index (κ1) is 12.6. The van der Waals surface area contributed by atoms with E-state index >= 15 is 0 Å². The topological polar surface area (TPSA) is 61.3 Å². The molecule has 0 unspecified atom stereocenters. The standard InChI is InChI=1S/C13H22N2O2/c1-11-8-12(17-15-11)9-16-10-13(14)6-4-2-3-5-7-13/h8H,2-7,9-10,14H2,1H3. The summed E-state index contributed by atoms with van der Waals surface area (Å²) < 4.78 is 10.8. The van der Waals surface area contributed by atoms with Crippen LogP contribution in [0.3, 0.4) is 0 Å². The van der Waals surface area contributed by atoms with Gasteiger partial charge in [-0.3, -0.25) is 0 Å². The minimum Gasteiger partial charge on any atom is -0.371 e. The van der Waals surface area contributed by atoms with E-state index in [4.69, 9.17) is 15.0 Å². The molecule has 1 heterocycles. The normalized spacial score (nSPS) is 20.1. The molecule has 0 radical (unpaired) electrons. The van der Waals surface area contributed by atoms with Gasteiger partial charge >= 0.3 is 0 Å². The molecule has 4 heteroatoms. The molecule has 4 nitrogen and oxygen atoms in total. The van der Waals surface area contributed by atoms with Crippen molar-refractivity contribution in [2.75, 3.05) is 6.61 Å². The Morgan fingerprint density at radius 3 is 2.65 bits per heavy atom. The number of rotatable bonds is 4. The van der Waals surface area contributed by atoms with Gasteiger partial charge in [-0.2, -0.15) is 0 Å². The third-order valence-electron chi connectivity index (χ3n) is 3.41. The number of ether oxygens (including phenoxy) is 1. The number of nitrogens with two attached hydrogens (primary N) is 1. The monoisotopic (exact) mass is 238 g/mol. The molecular formula is C13H22N2O2. The van der Waals surface area contributed by atoms with Crippen molar-refractivity contribution < 1.29 is 9.26 Å². The zero-order valence-electron chi connectivity index (χ0n) is 10.6. The Morgan fingerprint density at radius 1 is 1.35 bits per heavy atom. The van der Waals surface area contributed by atoms with Crippen LogP contribution in [0.25, 0.3) is 0 Å². The van der Waals surface area contributed by atoms with Gasteiger partial charge in [0, 0.05) is 11.6 Å². The number of hydrogen-bond acceptors (Lipinski definition) is 4. The fraction of sp³-hybridized carbons (Fsp3) is 0.769. The van der Waals surface area contributed by atoms with Gasteiger partial charge in [0.2, 0.25) is 0 Å². The van der Waals surface area contributed by atoms with Crippen molar-refractivity contribution in [3.63, 3.8) is 0 Å². The van der Waals surface area contributed by atoms with E-state index in [0.29, 0.717) is 13.2 Å². The lowest BCUT2D eigenvalue weighted by Crippen LogP contribution is -2.43. The van der Waals surface area contributed by atoms with E-state index in [1.807, 2.05) is 13.0 Å². The molecule has 0 aliphatic heterocycles. The molecule has 2 N–H and O–H groups in total. The Bertz CT molecular complexity index is 341. The van der Waals surface area contributed by atoms with Gasteiger partial charge in [-0.1, -0.05) is 30.8 Å². The van der Waals surface area contributed by atoms with Gasteiger partial charge < -0.3 is 15.0 Å². The van der Waals surface area contributed by atoms with Crippen LogP contribution in [0.2, 0.25) is 0 Å². The lowest BCUT2D eigenvalue weighted by Gasteiger charge is -2.27. The number of aromatic nitrogens is 1. The van der Waals surface area contributed by atoms with Crippen LogP contribution < -0.4 is 5.73 Å². The summed E-state index contributed by atoms with van der Waals surface area (Å²) >= 11 is 0. The maximum atomic E-state index is 6.36. The molecule has 1 aromatic heterocycles. The van der Waals surface area contributed by atoms with Gasteiger partial charge in [-0.15, -0.1) is 0 Å². The molecule has 96 valence electrons. The van der Waals surface area contributed by atoms with Crippen LogP contribution in [0.4, 0.5) is 0 Å². The van der Waals surface area contributed by atoms with E-state index in [2.05, 4.69) is 5.16 Å². The highest BCUT2D eigenvalue weighted by Crippen LogP contribution is 2.25. The summed E-state index contributed by atoms with van der Waals surface area (Å²) in [7, 11) is 0. The Balaban J connectivity index is 1.76. The molecule has 1 fully saturated rings. The summed E-state index contributed by atoms with van der Waals surface area (Å²) in [5, 5.41) is 3.83. The lowest BCUT2D eigenvalue weighted by atomic mass is 9.93. The summed E-state index contributed by atoms with van der Waals surface area (Å²) in [6.45, 7) is 3.00. The van der Waals surface area contributed by atoms with Crippen LogP contribution in [-0.2, 0) is 11.3 Å². The highest BCUT2D eigenvalue weighted by Gasteiger charge is 2.26.